The molecule has 0 radical (unpaired) electrons. The van der Waals surface area contributed by atoms with Gasteiger partial charge in [-0.15, -0.1) is 16.8 Å². The number of carbonyl (C=O) groups excluding carboxylic acids is 1. The first-order valence-corrected chi connectivity index (χ1v) is 9.80. The van der Waals surface area contributed by atoms with Gasteiger partial charge in [-0.2, -0.15) is 0 Å². The van der Waals surface area contributed by atoms with E-state index in [1.807, 2.05) is 30.3 Å². The van der Waals surface area contributed by atoms with Crippen LogP contribution in [-0.4, -0.2) is 34.9 Å². The van der Waals surface area contributed by atoms with Crippen molar-refractivity contribution in [3.63, 3.8) is 0 Å². The van der Waals surface area contributed by atoms with Crippen molar-refractivity contribution in [2.24, 2.45) is 0 Å². The van der Waals surface area contributed by atoms with E-state index in [0.29, 0.717) is 10.7 Å². The summed E-state index contributed by atoms with van der Waals surface area (Å²) in [4.78, 5) is 14.7. The van der Waals surface area contributed by atoms with Gasteiger partial charge in [0.2, 0.25) is 5.13 Å². The Morgan fingerprint density at radius 1 is 1.25 bits per heavy atom. The van der Waals surface area contributed by atoms with Crippen LogP contribution in [0.25, 0.3) is 0 Å². The van der Waals surface area contributed by atoms with E-state index in [1.165, 1.54) is 36.3 Å². The Hall–Kier alpha value is -1.86. The van der Waals surface area contributed by atoms with Gasteiger partial charge in [0.25, 0.3) is 5.91 Å². The summed E-state index contributed by atoms with van der Waals surface area (Å²) in [5, 5.41) is 11.4. The van der Waals surface area contributed by atoms with Crippen molar-refractivity contribution in [1.82, 2.24) is 10.2 Å². The predicted octanol–water partition coefficient (Wildman–Crippen LogP) is 4.06. The molecule has 2 aromatic rings. The Labute approximate surface area is 150 Å². The molecule has 0 bridgehead atoms. The molecule has 0 unspecified atom stereocenters. The molecule has 2 heterocycles. The molecule has 1 aliphatic rings. The second-order valence-corrected chi connectivity index (χ2v) is 7.77. The first-order valence-electron chi connectivity index (χ1n) is 8.00. The average Bonchev–Trinajstić information content (AvgIpc) is 3.08. The zero-order valence-corrected chi connectivity index (χ0v) is 15.0. The predicted molar refractivity (Wildman–Crippen MR) is 101 cm³/mol. The van der Waals surface area contributed by atoms with E-state index in [9.17, 15) is 4.79 Å². The van der Waals surface area contributed by atoms with Gasteiger partial charge in [0.1, 0.15) is 0 Å². The van der Waals surface area contributed by atoms with Crippen molar-refractivity contribution in [2.45, 2.75) is 23.6 Å². The summed E-state index contributed by atoms with van der Waals surface area (Å²) >= 11 is 2.93. The third-order valence-corrected chi connectivity index (χ3v) is 5.77. The highest BCUT2D eigenvalue weighted by Gasteiger charge is 2.13. The molecule has 5 nitrogen and oxygen atoms in total. The number of hydrogen-bond acceptors (Lipinski definition) is 6. The number of nitrogens with one attached hydrogen (secondary N) is 1. The number of hydrogen-bond donors (Lipinski definition) is 1. The van der Waals surface area contributed by atoms with Gasteiger partial charge in [0, 0.05) is 30.1 Å². The van der Waals surface area contributed by atoms with E-state index in [-0.39, 0.29) is 5.91 Å². The number of benzene rings is 1. The first kappa shape index (κ1) is 17.0. The van der Waals surface area contributed by atoms with Crippen LogP contribution in [0.4, 0.5) is 10.8 Å². The van der Waals surface area contributed by atoms with Crippen molar-refractivity contribution >= 4 is 39.8 Å². The minimum absolute atomic E-state index is 0.156. The SMILES string of the molecule is C=CCSc1nnc(NC(=O)c2ccc(N3CCCCC3)cc2)s1. The molecular weight excluding hydrogens is 340 g/mol. The molecule has 0 aliphatic carbocycles. The number of amides is 1. The van der Waals surface area contributed by atoms with Crippen molar-refractivity contribution in [2.75, 3.05) is 29.1 Å². The van der Waals surface area contributed by atoms with Gasteiger partial charge < -0.3 is 4.90 Å². The lowest BCUT2D eigenvalue weighted by Gasteiger charge is -2.28. The van der Waals surface area contributed by atoms with Crippen LogP contribution in [0.5, 0.6) is 0 Å². The van der Waals surface area contributed by atoms with Gasteiger partial charge in [-0.1, -0.05) is 29.2 Å². The molecule has 0 atom stereocenters. The maximum Gasteiger partial charge on any atom is 0.257 e. The van der Waals surface area contributed by atoms with Crippen LogP contribution < -0.4 is 10.2 Å². The zero-order chi connectivity index (χ0) is 16.8. The van der Waals surface area contributed by atoms with Crippen LogP contribution in [-0.2, 0) is 0 Å². The fraction of sp³-hybridized carbons (Fsp3) is 0.353. The number of nitrogens with zero attached hydrogens (tertiary/aromatic N) is 3. The van der Waals surface area contributed by atoms with Crippen LogP contribution in [0.1, 0.15) is 29.6 Å². The van der Waals surface area contributed by atoms with Crippen LogP contribution in [0, 0.1) is 0 Å². The topological polar surface area (TPSA) is 58.1 Å². The highest BCUT2D eigenvalue weighted by molar-refractivity contribution is 8.01. The second-order valence-electron chi connectivity index (χ2n) is 5.52. The maximum atomic E-state index is 12.3. The maximum absolute atomic E-state index is 12.3. The van der Waals surface area contributed by atoms with E-state index in [0.717, 1.165) is 23.2 Å². The number of rotatable bonds is 6. The van der Waals surface area contributed by atoms with Gasteiger partial charge in [0.05, 0.1) is 0 Å². The molecule has 1 aromatic carbocycles. The van der Waals surface area contributed by atoms with E-state index in [1.54, 1.807) is 11.8 Å². The number of aromatic nitrogens is 2. The summed E-state index contributed by atoms with van der Waals surface area (Å²) in [6.07, 6.45) is 5.61. The summed E-state index contributed by atoms with van der Waals surface area (Å²) in [5.41, 5.74) is 1.82. The van der Waals surface area contributed by atoms with E-state index < -0.39 is 0 Å². The smallest absolute Gasteiger partial charge is 0.257 e. The van der Waals surface area contributed by atoms with Gasteiger partial charge in [-0.25, -0.2) is 0 Å². The molecule has 0 saturated carbocycles. The molecule has 1 aliphatic heterocycles. The number of anilines is 2. The number of piperidine rings is 1. The Morgan fingerprint density at radius 3 is 2.71 bits per heavy atom. The summed E-state index contributed by atoms with van der Waals surface area (Å²) in [6.45, 7) is 5.87. The summed E-state index contributed by atoms with van der Waals surface area (Å²) in [7, 11) is 0. The van der Waals surface area contributed by atoms with Crippen LogP contribution in [0.15, 0.2) is 41.3 Å². The van der Waals surface area contributed by atoms with Crippen LogP contribution >= 0.6 is 23.1 Å². The largest absolute Gasteiger partial charge is 0.372 e. The van der Waals surface area contributed by atoms with Crippen molar-refractivity contribution < 1.29 is 4.79 Å². The number of carbonyl (C=O) groups is 1. The average molecular weight is 361 g/mol. The van der Waals surface area contributed by atoms with Crippen molar-refractivity contribution in [3.8, 4) is 0 Å². The Kier molecular flexibility index (Phi) is 5.87. The Balaban J connectivity index is 1.60. The highest BCUT2D eigenvalue weighted by Crippen LogP contribution is 2.26. The quantitative estimate of drug-likeness (QED) is 0.478. The summed E-state index contributed by atoms with van der Waals surface area (Å²) in [5.74, 6) is 0.622. The fourth-order valence-electron chi connectivity index (χ4n) is 2.59. The van der Waals surface area contributed by atoms with Crippen molar-refractivity contribution in [3.05, 3.63) is 42.5 Å². The molecule has 126 valence electrons. The third-order valence-electron chi connectivity index (χ3n) is 3.80. The lowest BCUT2D eigenvalue weighted by molar-refractivity contribution is 0.102. The lowest BCUT2D eigenvalue weighted by atomic mass is 10.1. The Morgan fingerprint density at radius 2 is 2.00 bits per heavy atom. The van der Waals surface area contributed by atoms with E-state index in [4.69, 9.17) is 0 Å². The normalized spacial score (nSPS) is 14.4. The molecular formula is C17H20N4OS2. The lowest BCUT2D eigenvalue weighted by Crippen LogP contribution is -2.29. The molecule has 24 heavy (non-hydrogen) atoms. The first-order chi connectivity index (χ1) is 11.8. The molecule has 1 N–H and O–H groups in total. The van der Waals surface area contributed by atoms with Gasteiger partial charge in [-0.05, 0) is 43.5 Å². The van der Waals surface area contributed by atoms with Gasteiger partial charge in [-0.3, -0.25) is 10.1 Å². The molecule has 1 saturated heterocycles. The molecule has 3 rings (SSSR count). The molecule has 1 aromatic heterocycles. The molecule has 1 amide bonds. The van der Waals surface area contributed by atoms with Crippen LogP contribution in [0.2, 0.25) is 0 Å². The number of thioether (sulfide) groups is 1. The van der Waals surface area contributed by atoms with E-state index >= 15 is 0 Å². The standard InChI is InChI=1S/C17H20N4OS2/c1-2-12-23-17-20-19-16(24-17)18-15(22)13-6-8-14(9-7-13)21-10-4-3-5-11-21/h2,6-9H,1,3-5,10-12H2,(H,18,19,22). The van der Waals surface area contributed by atoms with Crippen molar-refractivity contribution in [1.29, 1.82) is 0 Å². The monoisotopic (exact) mass is 360 g/mol. The summed E-state index contributed by atoms with van der Waals surface area (Å²) in [6, 6.07) is 7.78. The second kappa shape index (κ2) is 8.30. The molecule has 0 spiro atoms. The fourth-order valence-corrected chi connectivity index (χ4v) is 4.10. The van der Waals surface area contributed by atoms with Gasteiger partial charge >= 0.3 is 0 Å². The molecule has 1 fully saturated rings. The van der Waals surface area contributed by atoms with Gasteiger partial charge in [0.15, 0.2) is 4.34 Å². The molecule has 7 heteroatoms. The summed E-state index contributed by atoms with van der Waals surface area (Å²) < 4.78 is 0.825. The Bertz CT molecular complexity index is 693. The zero-order valence-electron chi connectivity index (χ0n) is 13.4. The minimum Gasteiger partial charge on any atom is -0.372 e. The highest BCUT2D eigenvalue weighted by atomic mass is 32.2. The van der Waals surface area contributed by atoms with Crippen LogP contribution in [0.3, 0.4) is 0 Å². The third kappa shape index (κ3) is 4.36. The minimum atomic E-state index is -0.156. The van der Waals surface area contributed by atoms with E-state index in [2.05, 4.69) is 27.0 Å².